The third-order valence-electron chi connectivity index (χ3n) is 2.24. The third kappa shape index (κ3) is 3.95. The summed E-state index contributed by atoms with van der Waals surface area (Å²) in [6, 6.07) is 1.70. The van der Waals surface area contributed by atoms with E-state index in [-0.39, 0.29) is 29.5 Å². The van der Waals surface area contributed by atoms with Crippen LogP contribution in [-0.4, -0.2) is 34.7 Å². The predicted octanol–water partition coefficient (Wildman–Crippen LogP) is 1.02. The van der Waals surface area contributed by atoms with E-state index in [1.165, 1.54) is 12.3 Å². The van der Waals surface area contributed by atoms with Crippen LogP contribution < -0.4 is 5.32 Å². The fourth-order valence-corrected chi connectivity index (χ4v) is 1.41. The number of esters is 1. The average molecular weight is 276 g/mol. The molecule has 1 amide bonds. The van der Waals surface area contributed by atoms with Gasteiger partial charge < -0.3 is 10.1 Å². The van der Waals surface area contributed by atoms with Gasteiger partial charge in [0.1, 0.15) is 17.2 Å². The minimum absolute atomic E-state index is 0.0921. The Balaban J connectivity index is 3.03. The average Bonchev–Trinajstić information content (AvgIpc) is 2.83. The van der Waals surface area contributed by atoms with Crippen molar-refractivity contribution in [2.45, 2.75) is 26.8 Å². The Kier molecular flexibility index (Phi) is 5.47. The molecule has 1 heterocycles. The number of nitrogens with zero attached hydrogens (tertiary/aromatic N) is 2. The monoisotopic (exact) mass is 276 g/mol. The van der Waals surface area contributed by atoms with E-state index < -0.39 is 11.9 Å². The topological polar surface area (TPSA) is 108 Å². The number of carbonyl (C=O) groups excluding carboxylic acids is 2. The molecule has 0 aliphatic heterocycles. The lowest BCUT2D eigenvalue weighted by Gasteiger charge is -2.06. The molecule has 0 bridgehead atoms. The van der Waals surface area contributed by atoms with Crippen LogP contribution in [-0.2, 0) is 9.53 Å². The summed E-state index contributed by atoms with van der Waals surface area (Å²) in [6.07, 6.45) is 2.57. The number of carbonyl (C=O) groups is 2. The second-order valence-corrected chi connectivity index (χ2v) is 4.22. The van der Waals surface area contributed by atoms with E-state index in [1.54, 1.807) is 26.8 Å². The summed E-state index contributed by atoms with van der Waals surface area (Å²) in [4.78, 5) is 23.4. The van der Waals surface area contributed by atoms with Crippen molar-refractivity contribution in [3.05, 3.63) is 23.0 Å². The summed E-state index contributed by atoms with van der Waals surface area (Å²) in [5.41, 5.74) is 0.323. The zero-order valence-corrected chi connectivity index (χ0v) is 11.6. The van der Waals surface area contributed by atoms with Crippen LogP contribution in [0.3, 0.4) is 0 Å². The van der Waals surface area contributed by atoms with Crippen molar-refractivity contribution in [3.8, 4) is 6.07 Å². The maximum absolute atomic E-state index is 11.8. The minimum atomic E-state index is -0.561. The first-order valence-electron chi connectivity index (χ1n) is 6.12. The Morgan fingerprint density at radius 2 is 2.30 bits per heavy atom. The summed E-state index contributed by atoms with van der Waals surface area (Å²) in [6.45, 7) is 5.48. The molecule has 0 radical (unpaired) electrons. The van der Waals surface area contributed by atoms with Gasteiger partial charge in [0.2, 0.25) is 0 Å². The van der Waals surface area contributed by atoms with Crippen molar-refractivity contribution in [1.29, 1.82) is 5.26 Å². The predicted molar refractivity (Wildman–Crippen MR) is 71.4 cm³/mol. The van der Waals surface area contributed by atoms with Gasteiger partial charge in [-0.3, -0.25) is 9.89 Å². The first-order valence-corrected chi connectivity index (χ1v) is 6.12. The maximum Gasteiger partial charge on any atom is 0.341 e. The van der Waals surface area contributed by atoms with Crippen molar-refractivity contribution < 1.29 is 14.3 Å². The fourth-order valence-electron chi connectivity index (χ4n) is 1.41. The lowest BCUT2D eigenvalue weighted by molar-refractivity contribution is -0.117. The van der Waals surface area contributed by atoms with E-state index >= 15 is 0 Å². The molecule has 7 nitrogen and oxygen atoms in total. The number of nitrogens with one attached hydrogen (secondary N) is 2. The number of hydrogen-bond donors (Lipinski definition) is 2. The van der Waals surface area contributed by atoms with Gasteiger partial charge in [-0.15, -0.1) is 0 Å². The van der Waals surface area contributed by atoms with Crippen LogP contribution in [0.4, 0.5) is 0 Å². The maximum atomic E-state index is 11.8. The highest BCUT2D eigenvalue weighted by molar-refractivity contribution is 6.03. The summed E-state index contributed by atoms with van der Waals surface area (Å²) < 4.78 is 4.86. The number of ether oxygens (including phenoxy) is 1. The number of amides is 1. The Morgan fingerprint density at radius 1 is 1.60 bits per heavy atom. The summed E-state index contributed by atoms with van der Waals surface area (Å²) >= 11 is 0. The van der Waals surface area contributed by atoms with Gasteiger partial charge in [-0.1, -0.05) is 0 Å². The van der Waals surface area contributed by atoms with Crippen LogP contribution in [0, 0.1) is 11.3 Å². The van der Waals surface area contributed by atoms with Crippen LogP contribution in [0.1, 0.15) is 36.8 Å². The molecule has 0 fully saturated rings. The van der Waals surface area contributed by atoms with Crippen LogP contribution in [0.25, 0.3) is 6.08 Å². The zero-order valence-electron chi connectivity index (χ0n) is 11.6. The number of H-pyrrole nitrogens is 1. The van der Waals surface area contributed by atoms with Crippen LogP contribution in [0.15, 0.2) is 11.8 Å². The largest absolute Gasteiger partial charge is 0.462 e. The lowest BCUT2D eigenvalue weighted by Crippen LogP contribution is -2.31. The van der Waals surface area contributed by atoms with Gasteiger partial charge in [0, 0.05) is 6.04 Å². The molecule has 7 heteroatoms. The lowest BCUT2D eigenvalue weighted by atomic mass is 10.1. The van der Waals surface area contributed by atoms with Gasteiger partial charge >= 0.3 is 5.97 Å². The molecular formula is C13H16N4O3. The van der Waals surface area contributed by atoms with Crippen molar-refractivity contribution in [2.24, 2.45) is 0 Å². The molecule has 0 unspecified atom stereocenters. The Hall–Kier alpha value is -2.62. The van der Waals surface area contributed by atoms with Gasteiger partial charge in [0.25, 0.3) is 5.91 Å². The highest BCUT2D eigenvalue weighted by atomic mass is 16.5. The van der Waals surface area contributed by atoms with Gasteiger partial charge in [-0.25, -0.2) is 4.79 Å². The first kappa shape index (κ1) is 15.4. The standard InChI is InChI=1S/C13H16N4O3/c1-4-20-13(19)10-7-15-17-11(10)5-9(6-14)12(18)16-8(2)3/h5,7-8H,4H2,1-3H3,(H,15,17)(H,16,18). The molecule has 0 aromatic carbocycles. The zero-order chi connectivity index (χ0) is 15.1. The molecule has 1 rings (SSSR count). The molecule has 0 spiro atoms. The van der Waals surface area contributed by atoms with Crippen molar-refractivity contribution in [2.75, 3.05) is 6.61 Å². The third-order valence-corrected chi connectivity index (χ3v) is 2.24. The smallest absolute Gasteiger partial charge is 0.341 e. The number of aromatic nitrogens is 2. The second-order valence-electron chi connectivity index (χ2n) is 4.22. The molecular weight excluding hydrogens is 260 g/mol. The van der Waals surface area contributed by atoms with E-state index in [1.807, 2.05) is 0 Å². The molecule has 1 aromatic heterocycles. The van der Waals surface area contributed by atoms with Gasteiger partial charge in [-0.05, 0) is 26.8 Å². The van der Waals surface area contributed by atoms with Crippen LogP contribution >= 0.6 is 0 Å². The molecule has 0 saturated heterocycles. The highest BCUT2D eigenvalue weighted by Crippen LogP contribution is 2.11. The van der Waals surface area contributed by atoms with Crippen molar-refractivity contribution >= 4 is 18.0 Å². The van der Waals surface area contributed by atoms with Gasteiger partial charge in [0.05, 0.1) is 18.5 Å². The first-order chi connectivity index (χ1) is 9.49. The van der Waals surface area contributed by atoms with E-state index in [0.717, 1.165) is 0 Å². The molecule has 0 aliphatic rings. The quantitative estimate of drug-likeness (QED) is 0.474. The fraction of sp³-hybridized carbons (Fsp3) is 0.385. The van der Waals surface area contributed by atoms with Gasteiger partial charge in [0.15, 0.2) is 0 Å². The minimum Gasteiger partial charge on any atom is -0.462 e. The summed E-state index contributed by atoms with van der Waals surface area (Å²) in [5, 5.41) is 17.9. The molecule has 0 saturated carbocycles. The van der Waals surface area contributed by atoms with Crippen molar-refractivity contribution in [3.63, 3.8) is 0 Å². The Morgan fingerprint density at radius 3 is 2.85 bits per heavy atom. The molecule has 0 atom stereocenters. The number of rotatable bonds is 5. The van der Waals surface area contributed by atoms with E-state index in [2.05, 4.69) is 15.5 Å². The molecule has 20 heavy (non-hydrogen) atoms. The van der Waals surface area contributed by atoms with Crippen LogP contribution in [0.5, 0.6) is 0 Å². The molecule has 0 aliphatic carbocycles. The number of aromatic amines is 1. The molecule has 1 aromatic rings. The van der Waals surface area contributed by atoms with Gasteiger partial charge in [-0.2, -0.15) is 10.4 Å². The Labute approximate surface area is 116 Å². The molecule has 2 N–H and O–H groups in total. The Bertz CT molecular complexity index is 566. The summed E-state index contributed by atoms with van der Waals surface area (Å²) in [5.74, 6) is -1.07. The summed E-state index contributed by atoms with van der Waals surface area (Å²) in [7, 11) is 0. The highest BCUT2D eigenvalue weighted by Gasteiger charge is 2.16. The van der Waals surface area contributed by atoms with Crippen molar-refractivity contribution in [1.82, 2.24) is 15.5 Å². The SMILES string of the molecule is CCOC(=O)c1cn[nH]c1C=C(C#N)C(=O)NC(C)C. The normalized spacial score (nSPS) is 11.1. The van der Waals surface area contributed by atoms with E-state index in [9.17, 15) is 9.59 Å². The molecule has 106 valence electrons. The number of nitriles is 1. The van der Waals surface area contributed by atoms with Crippen LogP contribution in [0.2, 0.25) is 0 Å². The second kappa shape index (κ2) is 7.09. The van der Waals surface area contributed by atoms with E-state index in [0.29, 0.717) is 0 Å². The number of hydrogen-bond acceptors (Lipinski definition) is 5. The van der Waals surface area contributed by atoms with E-state index in [4.69, 9.17) is 10.00 Å².